The van der Waals surface area contributed by atoms with Crippen LogP contribution in [-0.2, 0) is 23.1 Å². The molecule has 1 saturated heterocycles. The third kappa shape index (κ3) is 8.98. The normalized spacial score (nSPS) is 23.1. The van der Waals surface area contributed by atoms with Gasteiger partial charge in [0, 0.05) is 5.56 Å². The van der Waals surface area contributed by atoms with Crippen LogP contribution >= 0.6 is 0 Å². The second-order valence-corrected chi connectivity index (χ2v) is 23.1. The Morgan fingerprint density at radius 1 is 0.921 bits per heavy atom. The summed E-state index contributed by atoms with van der Waals surface area (Å²) >= 11 is 0. The van der Waals surface area contributed by atoms with E-state index >= 15 is 0 Å². The first-order valence-corrected chi connectivity index (χ1v) is 19.8. The molecule has 0 unspecified atom stereocenters. The zero-order chi connectivity index (χ0) is 28.8. The van der Waals surface area contributed by atoms with Crippen LogP contribution in [0.2, 0.25) is 36.3 Å². The topological polar surface area (TPSA) is 46.2 Å². The van der Waals surface area contributed by atoms with Gasteiger partial charge in [-0.15, -0.1) is 13.2 Å². The molecule has 0 radical (unpaired) electrons. The van der Waals surface area contributed by atoms with E-state index in [1.165, 1.54) is 0 Å². The fourth-order valence-electron chi connectivity index (χ4n) is 3.82. The van der Waals surface area contributed by atoms with E-state index in [0.717, 1.165) is 5.56 Å². The molecule has 1 aliphatic rings. The second-order valence-electron chi connectivity index (χ2n) is 13.5. The summed E-state index contributed by atoms with van der Waals surface area (Å²) in [4.78, 5) is 0. The SMILES string of the molecule is C=CC[C@@H]1O[C@H](c2ccccc2)OC[C@H]1O[C@@H](CO[Si](C)(C)C(C)(C)C)[C@@H](CC=C)O[Si](C)(C)C(C)(C)C. The summed E-state index contributed by atoms with van der Waals surface area (Å²) in [5, 5.41) is 0.166. The Hall–Kier alpha value is -1.07. The molecule has 2 rings (SSSR count). The molecule has 5 nitrogen and oxygen atoms in total. The van der Waals surface area contributed by atoms with Gasteiger partial charge in [-0.05, 0) is 49.1 Å². The Bertz CT molecular complexity index is 872. The monoisotopic (exact) mass is 562 g/mol. The van der Waals surface area contributed by atoms with Crippen LogP contribution in [0.5, 0.6) is 0 Å². The molecule has 0 bridgehead atoms. The van der Waals surface area contributed by atoms with Crippen LogP contribution in [0.25, 0.3) is 0 Å². The van der Waals surface area contributed by atoms with Crippen LogP contribution in [0, 0.1) is 0 Å². The van der Waals surface area contributed by atoms with Crippen LogP contribution in [0.4, 0.5) is 0 Å². The first-order valence-electron chi connectivity index (χ1n) is 14.0. The fraction of sp³-hybridized carbons (Fsp3) is 0.677. The fourth-order valence-corrected chi connectivity index (χ4v) is 6.19. The van der Waals surface area contributed by atoms with Gasteiger partial charge in [-0.25, -0.2) is 0 Å². The lowest BCUT2D eigenvalue weighted by atomic mass is 10.1. The highest BCUT2D eigenvalue weighted by Gasteiger charge is 2.44. The molecule has 216 valence electrons. The highest BCUT2D eigenvalue weighted by Crippen LogP contribution is 2.40. The Kier molecular flexibility index (Phi) is 11.8. The average molecular weight is 563 g/mol. The van der Waals surface area contributed by atoms with Gasteiger partial charge in [0.15, 0.2) is 22.9 Å². The Morgan fingerprint density at radius 3 is 2.05 bits per heavy atom. The van der Waals surface area contributed by atoms with Gasteiger partial charge in [0.1, 0.15) is 12.2 Å². The molecular formula is C31H54O5Si2. The lowest BCUT2D eigenvalue weighted by Crippen LogP contribution is -2.53. The van der Waals surface area contributed by atoms with E-state index in [0.29, 0.717) is 26.1 Å². The van der Waals surface area contributed by atoms with Crippen molar-refractivity contribution in [1.29, 1.82) is 0 Å². The van der Waals surface area contributed by atoms with E-state index in [1.807, 2.05) is 42.5 Å². The molecule has 7 heteroatoms. The highest BCUT2D eigenvalue weighted by atomic mass is 28.4. The van der Waals surface area contributed by atoms with Crippen molar-refractivity contribution < 1.29 is 23.1 Å². The van der Waals surface area contributed by atoms with Gasteiger partial charge in [-0.2, -0.15) is 0 Å². The highest BCUT2D eigenvalue weighted by molar-refractivity contribution is 6.74. The van der Waals surface area contributed by atoms with Gasteiger partial charge in [-0.3, -0.25) is 0 Å². The standard InChI is InChI=1S/C31H54O5Si2/c1-13-18-25-27(22-32-29(35-25)24-20-16-15-17-21-24)34-28(23-33-37(9,10)30(3,4)5)26(19-14-2)36-38(11,12)31(6,7)8/h13-17,20-21,25-29H,1-2,18-19,22-23H2,3-12H3/t25-,26+,27+,28-,29+/m0/s1. The number of benzene rings is 1. The van der Waals surface area contributed by atoms with Crippen LogP contribution in [0.3, 0.4) is 0 Å². The van der Waals surface area contributed by atoms with Gasteiger partial charge >= 0.3 is 0 Å². The summed E-state index contributed by atoms with van der Waals surface area (Å²) in [5.74, 6) is 0. The molecule has 0 spiro atoms. The van der Waals surface area contributed by atoms with Crippen molar-refractivity contribution in [2.24, 2.45) is 0 Å². The van der Waals surface area contributed by atoms with Crippen molar-refractivity contribution in [3.8, 4) is 0 Å². The predicted octanol–water partition coefficient (Wildman–Crippen LogP) is 8.42. The maximum Gasteiger partial charge on any atom is 0.192 e. The van der Waals surface area contributed by atoms with E-state index < -0.39 is 22.9 Å². The van der Waals surface area contributed by atoms with Gasteiger partial charge in [0.05, 0.1) is 25.4 Å². The van der Waals surface area contributed by atoms with Gasteiger partial charge in [-0.1, -0.05) is 84.0 Å². The molecule has 1 aromatic carbocycles. The van der Waals surface area contributed by atoms with E-state index in [4.69, 9.17) is 23.1 Å². The molecular weight excluding hydrogens is 509 g/mol. The maximum atomic E-state index is 6.96. The quantitative estimate of drug-likeness (QED) is 0.178. The van der Waals surface area contributed by atoms with E-state index in [2.05, 4.69) is 80.9 Å². The van der Waals surface area contributed by atoms with Crippen molar-refractivity contribution in [3.05, 3.63) is 61.2 Å². The average Bonchev–Trinajstić information content (AvgIpc) is 2.81. The maximum absolute atomic E-state index is 6.96. The van der Waals surface area contributed by atoms with E-state index in [9.17, 15) is 0 Å². The van der Waals surface area contributed by atoms with Crippen LogP contribution < -0.4 is 0 Å². The lowest BCUT2D eigenvalue weighted by molar-refractivity contribution is -0.277. The third-order valence-corrected chi connectivity index (χ3v) is 17.4. The van der Waals surface area contributed by atoms with Gasteiger partial charge in [0.25, 0.3) is 0 Å². The second kappa shape index (κ2) is 13.5. The Labute approximate surface area is 235 Å². The molecule has 0 aromatic heterocycles. The largest absolute Gasteiger partial charge is 0.414 e. The Morgan fingerprint density at radius 2 is 1.53 bits per heavy atom. The number of ether oxygens (including phenoxy) is 3. The van der Waals surface area contributed by atoms with Crippen molar-refractivity contribution >= 4 is 16.6 Å². The van der Waals surface area contributed by atoms with Crippen molar-refractivity contribution in [2.45, 2.75) is 121 Å². The summed E-state index contributed by atoms with van der Waals surface area (Å²) in [7, 11) is -4.10. The molecule has 1 aliphatic heterocycles. The minimum atomic E-state index is -2.08. The molecule has 0 N–H and O–H groups in total. The van der Waals surface area contributed by atoms with E-state index in [-0.39, 0.29) is 34.5 Å². The molecule has 0 aliphatic carbocycles. The van der Waals surface area contributed by atoms with Crippen molar-refractivity contribution in [3.63, 3.8) is 0 Å². The van der Waals surface area contributed by atoms with Crippen LogP contribution in [0.15, 0.2) is 55.6 Å². The van der Waals surface area contributed by atoms with Crippen molar-refractivity contribution in [2.75, 3.05) is 13.2 Å². The van der Waals surface area contributed by atoms with Gasteiger partial charge < -0.3 is 23.1 Å². The summed E-state index contributed by atoms with van der Waals surface area (Å²) < 4.78 is 33.2. The minimum Gasteiger partial charge on any atom is -0.414 e. The molecule has 38 heavy (non-hydrogen) atoms. The number of hydrogen-bond donors (Lipinski definition) is 0. The molecule has 1 fully saturated rings. The zero-order valence-electron chi connectivity index (χ0n) is 25.7. The molecule has 0 amide bonds. The van der Waals surface area contributed by atoms with Crippen LogP contribution in [-0.4, -0.2) is 54.3 Å². The first kappa shape index (κ1) is 33.1. The van der Waals surface area contributed by atoms with E-state index in [1.54, 1.807) is 0 Å². The molecule has 1 heterocycles. The minimum absolute atomic E-state index is 0.0720. The van der Waals surface area contributed by atoms with Crippen LogP contribution in [0.1, 0.15) is 66.2 Å². The molecule has 0 saturated carbocycles. The lowest BCUT2D eigenvalue weighted by Gasteiger charge is -2.44. The summed E-state index contributed by atoms with van der Waals surface area (Å²) in [6.07, 6.45) is 3.85. The zero-order valence-corrected chi connectivity index (χ0v) is 27.7. The molecule has 1 aromatic rings. The smallest absolute Gasteiger partial charge is 0.192 e. The van der Waals surface area contributed by atoms with Gasteiger partial charge in [0.2, 0.25) is 0 Å². The summed E-state index contributed by atoms with van der Waals surface area (Å²) in [5.41, 5.74) is 1.00. The number of hydrogen-bond acceptors (Lipinski definition) is 5. The molecule has 5 atom stereocenters. The summed E-state index contributed by atoms with van der Waals surface area (Å²) in [6, 6.07) is 10.0. The number of rotatable bonds is 13. The Balaban J connectivity index is 2.33. The summed E-state index contributed by atoms with van der Waals surface area (Å²) in [6.45, 7) is 31.6. The first-order chi connectivity index (χ1) is 17.5. The third-order valence-electron chi connectivity index (χ3n) is 8.43. The predicted molar refractivity (Wildman–Crippen MR) is 164 cm³/mol. The van der Waals surface area contributed by atoms with Crippen molar-refractivity contribution in [1.82, 2.24) is 0 Å².